The van der Waals surface area contributed by atoms with Crippen LogP contribution >= 0.6 is 0 Å². The highest BCUT2D eigenvalue weighted by atomic mass is 16.5. The molecule has 1 rings (SSSR count). The van der Waals surface area contributed by atoms with E-state index < -0.39 is 0 Å². The Labute approximate surface area is 92.9 Å². The molecule has 0 N–H and O–H groups in total. The van der Waals surface area contributed by atoms with Crippen molar-refractivity contribution in [2.24, 2.45) is 0 Å². The number of nitrogens with zero attached hydrogens (tertiary/aromatic N) is 1. The van der Waals surface area contributed by atoms with Crippen molar-refractivity contribution in [3.8, 4) is 0 Å². The van der Waals surface area contributed by atoms with Crippen LogP contribution in [0.5, 0.6) is 0 Å². The molecule has 1 unspecified atom stereocenters. The van der Waals surface area contributed by atoms with Crippen molar-refractivity contribution in [2.75, 3.05) is 27.3 Å². The fraction of sp³-hybridized carbons (Fsp3) is 0.538. The largest absolute Gasteiger partial charge is 0.383 e. The molecule has 0 amide bonds. The lowest BCUT2D eigenvalue weighted by atomic mass is 10.1. The molecule has 1 aromatic carbocycles. The smallest absolute Gasteiger partial charge is 0.0589 e. The molecule has 0 bridgehead atoms. The van der Waals surface area contributed by atoms with Crippen LogP contribution in [-0.4, -0.2) is 32.2 Å². The van der Waals surface area contributed by atoms with E-state index >= 15 is 0 Å². The van der Waals surface area contributed by atoms with Gasteiger partial charge in [0.05, 0.1) is 6.61 Å². The molecule has 0 spiro atoms. The van der Waals surface area contributed by atoms with Crippen LogP contribution in [0.15, 0.2) is 24.3 Å². The summed E-state index contributed by atoms with van der Waals surface area (Å²) in [4.78, 5) is 2.30. The number of aryl methyl sites for hydroxylation is 1. The number of benzene rings is 1. The van der Waals surface area contributed by atoms with Gasteiger partial charge in [-0.2, -0.15) is 0 Å². The SMILES string of the molecule is COCCN(C)C(C)c1ccc(C)cc1. The molecule has 0 aliphatic carbocycles. The van der Waals surface area contributed by atoms with Crippen molar-refractivity contribution in [2.45, 2.75) is 19.9 Å². The fourth-order valence-electron chi connectivity index (χ4n) is 1.53. The van der Waals surface area contributed by atoms with Gasteiger partial charge in [-0.15, -0.1) is 0 Å². The second-order valence-electron chi connectivity index (χ2n) is 4.06. The predicted molar refractivity (Wildman–Crippen MR) is 64.1 cm³/mol. The number of ether oxygens (including phenoxy) is 1. The lowest BCUT2D eigenvalue weighted by Crippen LogP contribution is -2.26. The molecule has 0 aliphatic heterocycles. The lowest BCUT2D eigenvalue weighted by molar-refractivity contribution is 0.143. The minimum atomic E-state index is 0.445. The Morgan fingerprint density at radius 3 is 2.40 bits per heavy atom. The maximum absolute atomic E-state index is 5.08. The molecule has 1 aromatic rings. The van der Waals surface area contributed by atoms with Crippen molar-refractivity contribution in [3.05, 3.63) is 35.4 Å². The standard InChI is InChI=1S/C13H21NO/c1-11-5-7-13(8-6-11)12(2)14(3)9-10-15-4/h5-8,12H,9-10H2,1-4H3. The van der Waals surface area contributed by atoms with Gasteiger partial charge in [0.15, 0.2) is 0 Å². The summed E-state index contributed by atoms with van der Waals surface area (Å²) in [6.45, 7) is 6.08. The van der Waals surface area contributed by atoms with E-state index in [0.717, 1.165) is 13.2 Å². The summed E-state index contributed by atoms with van der Waals surface area (Å²) in [5.74, 6) is 0. The number of likely N-dealkylation sites (N-methyl/N-ethyl adjacent to an activating group) is 1. The van der Waals surface area contributed by atoms with Gasteiger partial charge in [0.2, 0.25) is 0 Å². The first-order valence-corrected chi connectivity index (χ1v) is 5.41. The highest BCUT2D eigenvalue weighted by molar-refractivity contribution is 5.23. The van der Waals surface area contributed by atoms with Crippen LogP contribution in [0.1, 0.15) is 24.1 Å². The molecule has 2 nitrogen and oxygen atoms in total. The van der Waals surface area contributed by atoms with Gasteiger partial charge in [-0.1, -0.05) is 29.8 Å². The third-order valence-electron chi connectivity index (χ3n) is 2.87. The molecule has 1 atom stereocenters. The Morgan fingerprint density at radius 2 is 1.87 bits per heavy atom. The van der Waals surface area contributed by atoms with Crippen molar-refractivity contribution in [3.63, 3.8) is 0 Å². The van der Waals surface area contributed by atoms with Gasteiger partial charge in [0.25, 0.3) is 0 Å². The molecule has 0 fully saturated rings. The highest BCUT2D eigenvalue weighted by Gasteiger charge is 2.10. The minimum Gasteiger partial charge on any atom is -0.383 e. The fourth-order valence-corrected chi connectivity index (χ4v) is 1.53. The quantitative estimate of drug-likeness (QED) is 0.736. The second-order valence-corrected chi connectivity index (χ2v) is 4.06. The molecular weight excluding hydrogens is 186 g/mol. The molecule has 0 aliphatic rings. The number of hydrogen-bond donors (Lipinski definition) is 0. The van der Waals surface area contributed by atoms with Gasteiger partial charge in [-0.25, -0.2) is 0 Å². The van der Waals surface area contributed by atoms with E-state index in [4.69, 9.17) is 4.74 Å². The Balaban J connectivity index is 2.59. The van der Waals surface area contributed by atoms with Gasteiger partial charge >= 0.3 is 0 Å². The van der Waals surface area contributed by atoms with Crippen molar-refractivity contribution in [1.29, 1.82) is 0 Å². The first kappa shape index (κ1) is 12.2. The van der Waals surface area contributed by atoms with E-state index in [2.05, 4.69) is 50.1 Å². The Kier molecular flexibility index (Phi) is 4.79. The highest BCUT2D eigenvalue weighted by Crippen LogP contribution is 2.18. The van der Waals surface area contributed by atoms with E-state index in [1.54, 1.807) is 7.11 Å². The Hall–Kier alpha value is -0.860. The third-order valence-corrected chi connectivity index (χ3v) is 2.87. The van der Waals surface area contributed by atoms with Gasteiger partial charge in [0, 0.05) is 19.7 Å². The van der Waals surface area contributed by atoms with Crippen molar-refractivity contribution >= 4 is 0 Å². The molecule has 0 saturated heterocycles. The van der Waals surface area contributed by atoms with E-state index in [-0.39, 0.29) is 0 Å². The zero-order chi connectivity index (χ0) is 11.3. The molecule has 0 aromatic heterocycles. The van der Waals surface area contributed by atoms with Crippen LogP contribution < -0.4 is 0 Å². The van der Waals surface area contributed by atoms with Crippen LogP contribution in [-0.2, 0) is 4.74 Å². The number of hydrogen-bond acceptors (Lipinski definition) is 2. The third kappa shape index (κ3) is 3.65. The zero-order valence-electron chi connectivity index (χ0n) is 10.2. The van der Waals surface area contributed by atoms with Gasteiger partial charge in [-0.3, -0.25) is 4.90 Å². The first-order valence-electron chi connectivity index (χ1n) is 5.41. The van der Waals surface area contributed by atoms with Gasteiger partial charge in [0.1, 0.15) is 0 Å². The maximum Gasteiger partial charge on any atom is 0.0589 e. The number of methoxy groups -OCH3 is 1. The summed E-state index contributed by atoms with van der Waals surface area (Å²) in [7, 11) is 3.87. The topological polar surface area (TPSA) is 12.5 Å². The molecule has 0 radical (unpaired) electrons. The second kappa shape index (κ2) is 5.89. The van der Waals surface area contributed by atoms with Crippen LogP contribution in [0.25, 0.3) is 0 Å². The summed E-state index contributed by atoms with van der Waals surface area (Å²) < 4.78 is 5.08. The molecule has 15 heavy (non-hydrogen) atoms. The molecule has 2 heteroatoms. The van der Waals surface area contributed by atoms with Crippen molar-refractivity contribution in [1.82, 2.24) is 4.90 Å². The summed E-state index contributed by atoms with van der Waals surface area (Å²) in [5.41, 5.74) is 2.67. The maximum atomic E-state index is 5.08. The normalized spacial score (nSPS) is 13.1. The summed E-state index contributed by atoms with van der Waals surface area (Å²) in [6, 6.07) is 9.17. The average molecular weight is 207 g/mol. The van der Waals surface area contributed by atoms with E-state index in [0.29, 0.717) is 6.04 Å². The van der Waals surface area contributed by atoms with Crippen LogP contribution in [0.4, 0.5) is 0 Å². The molecule has 0 saturated carbocycles. The van der Waals surface area contributed by atoms with E-state index in [1.807, 2.05) is 0 Å². The zero-order valence-corrected chi connectivity index (χ0v) is 10.2. The molecular formula is C13H21NO. The Morgan fingerprint density at radius 1 is 1.27 bits per heavy atom. The summed E-state index contributed by atoms with van der Waals surface area (Å²) in [6.07, 6.45) is 0. The predicted octanol–water partition coefficient (Wildman–Crippen LogP) is 2.63. The lowest BCUT2D eigenvalue weighted by Gasteiger charge is -2.24. The van der Waals surface area contributed by atoms with Crippen LogP contribution in [0, 0.1) is 6.92 Å². The average Bonchev–Trinajstić information content (AvgIpc) is 2.26. The first-order chi connectivity index (χ1) is 7.15. The minimum absolute atomic E-state index is 0.445. The van der Waals surface area contributed by atoms with E-state index in [9.17, 15) is 0 Å². The monoisotopic (exact) mass is 207 g/mol. The molecule has 0 heterocycles. The summed E-state index contributed by atoms with van der Waals surface area (Å²) in [5, 5.41) is 0. The van der Waals surface area contributed by atoms with Gasteiger partial charge < -0.3 is 4.74 Å². The van der Waals surface area contributed by atoms with Crippen LogP contribution in [0.3, 0.4) is 0 Å². The van der Waals surface area contributed by atoms with Gasteiger partial charge in [-0.05, 0) is 26.5 Å². The number of rotatable bonds is 5. The summed E-state index contributed by atoms with van der Waals surface area (Å²) >= 11 is 0. The molecule has 84 valence electrons. The van der Waals surface area contributed by atoms with E-state index in [1.165, 1.54) is 11.1 Å². The van der Waals surface area contributed by atoms with Crippen LogP contribution in [0.2, 0.25) is 0 Å². The van der Waals surface area contributed by atoms with Crippen molar-refractivity contribution < 1.29 is 4.74 Å². The Bertz CT molecular complexity index is 281.